The van der Waals surface area contributed by atoms with E-state index in [9.17, 15) is 0 Å². The second kappa shape index (κ2) is 9.15. The zero-order chi connectivity index (χ0) is 17.5. The molecule has 1 aliphatic heterocycles. The Hall–Kier alpha value is -1.67. The predicted molar refractivity (Wildman–Crippen MR) is 107 cm³/mol. The van der Waals surface area contributed by atoms with Crippen LogP contribution in [0.1, 0.15) is 24.5 Å². The summed E-state index contributed by atoms with van der Waals surface area (Å²) in [6.07, 6.45) is 1.91. The molecule has 3 rings (SSSR count). The second-order valence-corrected chi connectivity index (χ2v) is 7.65. The van der Waals surface area contributed by atoms with Gasteiger partial charge in [0.2, 0.25) is 5.13 Å². The van der Waals surface area contributed by atoms with Gasteiger partial charge in [0.05, 0.1) is 0 Å². The first-order chi connectivity index (χ1) is 12.3. The van der Waals surface area contributed by atoms with Gasteiger partial charge in [-0.3, -0.25) is 4.99 Å². The van der Waals surface area contributed by atoms with Gasteiger partial charge in [0.1, 0.15) is 5.82 Å². The van der Waals surface area contributed by atoms with Crippen molar-refractivity contribution < 1.29 is 0 Å². The van der Waals surface area contributed by atoms with E-state index in [-0.39, 0.29) is 0 Å². The van der Waals surface area contributed by atoms with Crippen LogP contribution < -0.4 is 10.2 Å². The number of rotatable bonds is 6. The Morgan fingerprint density at radius 2 is 2.12 bits per heavy atom. The first kappa shape index (κ1) is 18.1. The standard InChI is InChI=1S/C17H26N6S2/c1-3-15-20-17(25-21-15)23-11-9-22(10-12-23)16(18-4-2)19-8-7-14-6-5-13-24-14/h5-6,13H,3-4,7-12H2,1-2H3,(H,18,19). The Bertz CT molecular complexity index is 658. The molecule has 2 aromatic rings. The summed E-state index contributed by atoms with van der Waals surface area (Å²) < 4.78 is 4.40. The molecular formula is C17H26N6S2. The van der Waals surface area contributed by atoms with E-state index >= 15 is 0 Å². The van der Waals surface area contributed by atoms with Crippen LogP contribution in [0.2, 0.25) is 0 Å². The molecule has 0 aromatic carbocycles. The minimum atomic E-state index is 0.833. The van der Waals surface area contributed by atoms with Crippen molar-refractivity contribution in [1.82, 2.24) is 19.6 Å². The summed E-state index contributed by atoms with van der Waals surface area (Å²) in [5.41, 5.74) is 0. The zero-order valence-electron chi connectivity index (χ0n) is 14.9. The molecule has 0 spiro atoms. The summed E-state index contributed by atoms with van der Waals surface area (Å²) in [5.74, 6) is 1.98. The normalized spacial score (nSPS) is 15.7. The zero-order valence-corrected chi connectivity index (χ0v) is 16.6. The third-order valence-corrected chi connectivity index (χ3v) is 5.91. The van der Waals surface area contributed by atoms with Crippen LogP contribution in [-0.4, -0.2) is 59.5 Å². The van der Waals surface area contributed by atoms with Crippen LogP contribution in [0, 0.1) is 0 Å². The molecule has 0 radical (unpaired) electrons. The van der Waals surface area contributed by atoms with Gasteiger partial charge >= 0.3 is 0 Å². The van der Waals surface area contributed by atoms with Gasteiger partial charge in [0.25, 0.3) is 0 Å². The van der Waals surface area contributed by atoms with Crippen LogP contribution in [0.4, 0.5) is 5.13 Å². The van der Waals surface area contributed by atoms with Crippen LogP contribution in [0.15, 0.2) is 22.5 Å². The number of piperazine rings is 1. The van der Waals surface area contributed by atoms with E-state index < -0.39 is 0 Å². The van der Waals surface area contributed by atoms with Crippen LogP contribution in [0.25, 0.3) is 0 Å². The molecule has 2 aromatic heterocycles. The maximum Gasteiger partial charge on any atom is 0.205 e. The van der Waals surface area contributed by atoms with Crippen LogP contribution in [0.3, 0.4) is 0 Å². The Morgan fingerprint density at radius 1 is 1.28 bits per heavy atom. The molecule has 0 atom stereocenters. The number of nitrogens with one attached hydrogen (secondary N) is 1. The Kier molecular flexibility index (Phi) is 6.63. The highest BCUT2D eigenvalue weighted by Crippen LogP contribution is 2.19. The predicted octanol–water partition coefficient (Wildman–Crippen LogP) is 2.49. The maximum absolute atomic E-state index is 4.82. The lowest BCUT2D eigenvalue weighted by Gasteiger charge is -2.36. The minimum Gasteiger partial charge on any atom is -0.357 e. The molecule has 1 fully saturated rings. The van der Waals surface area contributed by atoms with Gasteiger partial charge in [-0.25, -0.2) is 4.98 Å². The molecule has 3 heterocycles. The third kappa shape index (κ3) is 4.92. The largest absolute Gasteiger partial charge is 0.357 e. The van der Waals surface area contributed by atoms with Crippen molar-refractivity contribution in [3.05, 3.63) is 28.2 Å². The third-order valence-electron chi connectivity index (χ3n) is 4.16. The van der Waals surface area contributed by atoms with Gasteiger partial charge < -0.3 is 15.1 Å². The summed E-state index contributed by atoms with van der Waals surface area (Å²) in [4.78, 5) is 15.5. The molecule has 0 aliphatic carbocycles. The topological polar surface area (TPSA) is 56.7 Å². The van der Waals surface area contributed by atoms with E-state index in [2.05, 4.69) is 55.8 Å². The average molecular weight is 379 g/mol. The van der Waals surface area contributed by atoms with E-state index in [1.807, 2.05) is 0 Å². The van der Waals surface area contributed by atoms with Gasteiger partial charge in [-0.05, 0) is 18.4 Å². The summed E-state index contributed by atoms with van der Waals surface area (Å²) in [5, 5.41) is 6.61. The van der Waals surface area contributed by atoms with E-state index in [0.29, 0.717) is 0 Å². The first-order valence-electron chi connectivity index (χ1n) is 8.93. The molecule has 136 valence electrons. The Balaban J connectivity index is 1.54. The number of hydrogen-bond acceptors (Lipinski definition) is 6. The van der Waals surface area contributed by atoms with Crippen molar-refractivity contribution in [2.45, 2.75) is 26.7 Å². The number of anilines is 1. The lowest BCUT2D eigenvalue weighted by Crippen LogP contribution is -2.52. The summed E-state index contributed by atoms with van der Waals surface area (Å²) in [6, 6.07) is 4.28. The molecule has 8 heteroatoms. The Morgan fingerprint density at radius 3 is 2.76 bits per heavy atom. The van der Waals surface area contributed by atoms with E-state index in [4.69, 9.17) is 4.99 Å². The van der Waals surface area contributed by atoms with Gasteiger partial charge in [0.15, 0.2) is 5.96 Å². The average Bonchev–Trinajstić information content (AvgIpc) is 3.33. The van der Waals surface area contributed by atoms with E-state index in [0.717, 1.165) is 69.0 Å². The van der Waals surface area contributed by atoms with Gasteiger partial charge in [-0.1, -0.05) is 13.0 Å². The monoisotopic (exact) mass is 378 g/mol. The van der Waals surface area contributed by atoms with Crippen LogP contribution in [-0.2, 0) is 12.8 Å². The highest BCUT2D eigenvalue weighted by Gasteiger charge is 2.21. The molecule has 1 saturated heterocycles. The summed E-state index contributed by atoms with van der Waals surface area (Å²) in [6.45, 7) is 9.81. The fourth-order valence-electron chi connectivity index (χ4n) is 2.78. The van der Waals surface area contributed by atoms with Crippen LogP contribution >= 0.6 is 22.9 Å². The highest BCUT2D eigenvalue weighted by atomic mass is 32.1. The Labute approximate surface area is 157 Å². The van der Waals surface area contributed by atoms with Crippen molar-refractivity contribution in [1.29, 1.82) is 0 Å². The number of aliphatic imine (C=N–C) groups is 1. The number of thiophene rings is 1. The second-order valence-electron chi connectivity index (χ2n) is 5.89. The number of guanidine groups is 1. The van der Waals surface area contributed by atoms with Crippen LogP contribution in [0.5, 0.6) is 0 Å². The molecule has 25 heavy (non-hydrogen) atoms. The lowest BCUT2D eigenvalue weighted by atomic mass is 10.3. The lowest BCUT2D eigenvalue weighted by molar-refractivity contribution is 0.372. The van der Waals surface area contributed by atoms with Gasteiger partial charge in [-0.2, -0.15) is 4.37 Å². The number of nitrogens with zero attached hydrogens (tertiary/aromatic N) is 5. The fraction of sp³-hybridized carbons (Fsp3) is 0.588. The van der Waals surface area contributed by atoms with Crippen molar-refractivity contribution in [2.75, 3.05) is 44.2 Å². The van der Waals surface area contributed by atoms with E-state index in [1.165, 1.54) is 16.4 Å². The smallest absolute Gasteiger partial charge is 0.205 e. The van der Waals surface area contributed by atoms with Gasteiger partial charge in [0, 0.05) is 68.5 Å². The molecule has 6 nitrogen and oxygen atoms in total. The van der Waals surface area contributed by atoms with E-state index in [1.54, 1.807) is 11.3 Å². The van der Waals surface area contributed by atoms with Gasteiger partial charge in [-0.15, -0.1) is 11.3 Å². The minimum absolute atomic E-state index is 0.833. The number of aromatic nitrogens is 2. The van der Waals surface area contributed by atoms with Crippen molar-refractivity contribution >= 4 is 34.0 Å². The fourth-order valence-corrected chi connectivity index (χ4v) is 4.28. The first-order valence-corrected chi connectivity index (χ1v) is 10.6. The summed E-state index contributed by atoms with van der Waals surface area (Å²) >= 11 is 3.32. The maximum atomic E-state index is 4.82. The molecule has 0 amide bonds. The van der Waals surface area contributed by atoms with Crippen molar-refractivity contribution in [3.63, 3.8) is 0 Å². The molecule has 1 aliphatic rings. The summed E-state index contributed by atoms with van der Waals surface area (Å²) in [7, 11) is 0. The molecule has 0 bridgehead atoms. The SMILES string of the molecule is CCNC(=NCCc1cccs1)N1CCN(c2nc(CC)ns2)CC1. The molecule has 0 saturated carbocycles. The van der Waals surface area contributed by atoms with Crippen molar-refractivity contribution in [3.8, 4) is 0 Å². The quantitative estimate of drug-likeness (QED) is 0.618. The molecular weight excluding hydrogens is 352 g/mol. The number of aryl methyl sites for hydroxylation is 1. The molecule has 1 N–H and O–H groups in total. The molecule has 0 unspecified atom stereocenters. The highest BCUT2D eigenvalue weighted by molar-refractivity contribution is 7.10. The number of hydrogen-bond donors (Lipinski definition) is 1. The van der Waals surface area contributed by atoms with Crippen molar-refractivity contribution in [2.24, 2.45) is 4.99 Å².